The summed E-state index contributed by atoms with van der Waals surface area (Å²) in [6.45, 7) is 6.05. The van der Waals surface area contributed by atoms with Crippen molar-refractivity contribution < 1.29 is 0 Å². The van der Waals surface area contributed by atoms with Crippen molar-refractivity contribution in [2.45, 2.75) is 20.8 Å². The second-order valence-electron chi connectivity index (χ2n) is 4.13. The summed E-state index contributed by atoms with van der Waals surface area (Å²) in [4.78, 5) is 8.86. The number of aromatic nitrogens is 2. The Morgan fingerprint density at radius 2 is 1.71 bits per heavy atom. The monoisotopic (exact) mass is 228 g/mol. The number of benzene rings is 1. The normalized spacial score (nSPS) is 10.4. The van der Waals surface area contributed by atoms with Gasteiger partial charge in [-0.25, -0.2) is 15.8 Å². The predicted octanol–water partition coefficient (Wildman–Crippen LogP) is 2.35. The average Bonchev–Trinajstić information content (AvgIpc) is 2.28. The number of nitrogen functional groups attached to an aromatic ring is 1. The Bertz CT molecular complexity index is 529. The largest absolute Gasteiger partial charge is 0.308 e. The molecule has 17 heavy (non-hydrogen) atoms. The molecule has 1 aromatic carbocycles. The first-order valence-electron chi connectivity index (χ1n) is 5.50. The van der Waals surface area contributed by atoms with Gasteiger partial charge in [0.05, 0.1) is 0 Å². The molecule has 0 spiro atoms. The van der Waals surface area contributed by atoms with E-state index in [-0.39, 0.29) is 0 Å². The third kappa shape index (κ3) is 2.26. The van der Waals surface area contributed by atoms with E-state index in [0.717, 1.165) is 11.3 Å². The Balaban J connectivity index is 2.64. The fourth-order valence-electron chi connectivity index (χ4n) is 1.92. The lowest BCUT2D eigenvalue weighted by Crippen LogP contribution is -2.10. The number of hydrogen-bond donors (Lipinski definition) is 2. The maximum atomic E-state index is 5.40. The number of rotatable bonds is 2. The minimum atomic E-state index is 0.634. The molecular weight excluding hydrogens is 212 g/mol. The summed E-state index contributed by atoms with van der Waals surface area (Å²) in [6, 6.07) is 7.97. The molecule has 0 bridgehead atoms. The highest BCUT2D eigenvalue weighted by atomic mass is 15.3. The zero-order valence-electron chi connectivity index (χ0n) is 10.3. The van der Waals surface area contributed by atoms with Gasteiger partial charge in [-0.05, 0) is 31.9 Å². The number of nitrogens with one attached hydrogen (secondary N) is 1. The van der Waals surface area contributed by atoms with Gasteiger partial charge < -0.3 is 5.43 Å². The van der Waals surface area contributed by atoms with Gasteiger partial charge in [-0.1, -0.05) is 18.2 Å². The Morgan fingerprint density at radius 3 is 2.29 bits per heavy atom. The SMILES string of the molecule is Cc1cc(NN)nc(-c2c(C)cccc2C)n1. The lowest BCUT2D eigenvalue weighted by atomic mass is 10.0. The van der Waals surface area contributed by atoms with Crippen LogP contribution in [-0.4, -0.2) is 9.97 Å². The van der Waals surface area contributed by atoms with Gasteiger partial charge in [0.15, 0.2) is 5.82 Å². The van der Waals surface area contributed by atoms with Crippen molar-refractivity contribution in [2.24, 2.45) is 5.84 Å². The molecule has 2 aromatic rings. The van der Waals surface area contributed by atoms with Gasteiger partial charge in [-0.2, -0.15) is 0 Å². The fraction of sp³-hybridized carbons (Fsp3) is 0.231. The molecule has 0 aliphatic rings. The lowest BCUT2D eigenvalue weighted by molar-refractivity contribution is 1.09. The molecule has 0 amide bonds. The Kier molecular flexibility index (Phi) is 3.06. The van der Waals surface area contributed by atoms with Gasteiger partial charge in [-0.3, -0.25) is 0 Å². The molecule has 0 fully saturated rings. The molecule has 0 aliphatic carbocycles. The molecule has 0 atom stereocenters. The quantitative estimate of drug-likeness (QED) is 0.611. The minimum Gasteiger partial charge on any atom is -0.308 e. The van der Waals surface area contributed by atoms with Crippen LogP contribution in [0.2, 0.25) is 0 Å². The van der Waals surface area contributed by atoms with Crippen LogP contribution in [0.15, 0.2) is 24.3 Å². The molecule has 0 saturated carbocycles. The summed E-state index contributed by atoms with van der Waals surface area (Å²) in [7, 11) is 0. The Hall–Kier alpha value is -1.94. The number of anilines is 1. The van der Waals surface area contributed by atoms with Gasteiger partial charge in [0.1, 0.15) is 5.82 Å². The van der Waals surface area contributed by atoms with E-state index in [1.807, 2.05) is 19.1 Å². The van der Waals surface area contributed by atoms with Gasteiger partial charge in [0.2, 0.25) is 0 Å². The van der Waals surface area contributed by atoms with E-state index in [2.05, 4.69) is 41.4 Å². The van der Waals surface area contributed by atoms with Gasteiger partial charge in [-0.15, -0.1) is 0 Å². The smallest absolute Gasteiger partial charge is 0.162 e. The van der Waals surface area contributed by atoms with Crippen molar-refractivity contribution in [3.63, 3.8) is 0 Å². The van der Waals surface area contributed by atoms with Gasteiger partial charge in [0.25, 0.3) is 0 Å². The van der Waals surface area contributed by atoms with Crippen molar-refractivity contribution in [3.8, 4) is 11.4 Å². The van der Waals surface area contributed by atoms with Crippen molar-refractivity contribution in [2.75, 3.05) is 5.43 Å². The third-order valence-electron chi connectivity index (χ3n) is 2.71. The van der Waals surface area contributed by atoms with E-state index in [0.29, 0.717) is 11.6 Å². The van der Waals surface area contributed by atoms with Crippen LogP contribution in [0.4, 0.5) is 5.82 Å². The van der Waals surface area contributed by atoms with Gasteiger partial charge in [0, 0.05) is 17.3 Å². The molecule has 1 aromatic heterocycles. The number of nitrogens with zero attached hydrogens (tertiary/aromatic N) is 2. The summed E-state index contributed by atoms with van der Waals surface area (Å²) in [6.07, 6.45) is 0. The van der Waals surface area contributed by atoms with Crippen LogP contribution in [0.1, 0.15) is 16.8 Å². The molecule has 4 nitrogen and oxygen atoms in total. The first-order valence-corrected chi connectivity index (χ1v) is 5.50. The van der Waals surface area contributed by atoms with Crippen LogP contribution >= 0.6 is 0 Å². The van der Waals surface area contributed by atoms with Crippen LogP contribution in [0.5, 0.6) is 0 Å². The Morgan fingerprint density at radius 1 is 1.06 bits per heavy atom. The molecule has 0 saturated heterocycles. The summed E-state index contributed by atoms with van der Waals surface area (Å²) in [5.74, 6) is 6.75. The zero-order chi connectivity index (χ0) is 12.4. The third-order valence-corrected chi connectivity index (χ3v) is 2.71. The first-order chi connectivity index (χ1) is 8.11. The molecule has 0 aliphatic heterocycles. The van der Waals surface area contributed by atoms with Crippen LogP contribution in [0, 0.1) is 20.8 Å². The summed E-state index contributed by atoms with van der Waals surface area (Å²) in [5, 5.41) is 0. The standard InChI is InChI=1S/C13H16N4/c1-8-5-4-6-9(2)12(8)13-15-10(3)7-11(16-13)17-14/h4-7H,14H2,1-3H3,(H,15,16,17). The van der Waals surface area contributed by atoms with Crippen molar-refractivity contribution in [3.05, 3.63) is 41.1 Å². The lowest BCUT2D eigenvalue weighted by Gasteiger charge is -2.10. The maximum Gasteiger partial charge on any atom is 0.162 e. The van der Waals surface area contributed by atoms with Gasteiger partial charge >= 0.3 is 0 Å². The number of nitrogens with two attached hydrogens (primary N) is 1. The van der Waals surface area contributed by atoms with E-state index in [1.165, 1.54) is 11.1 Å². The topological polar surface area (TPSA) is 63.8 Å². The summed E-state index contributed by atoms with van der Waals surface area (Å²) in [5.41, 5.74) is 6.87. The molecule has 88 valence electrons. The van der Waals surface area contributed by atoms with Crippen LogP contribution in [0.25, 0.3) is 11.4 Å². The number of aryl methyl sites for hydroxylation is 3. The molecule has 2 rings (SSSR count). The van der Waals surface area contributed by atoms with E-state index in [9.17, 15) is 0 Å². The molecule has 3 N–H and O–H groups in total. The summed E-state index contributed by atoms with van der Waals surface area (Å²) >= 11 is 0. The molecule has 0 unspecified atom stereocenters. The Labute approximate surface area is 101 Å². The van der Waals surface area contributed by atoms with E-state index in [1.54, 1.807) is 0 Å². The van der Waals surface area contributed by atoms with E-state index < -0.39 is 0 Å². The second kappa shape index (κ2) is 4.51. The average molecular weight is 228 g/mol. The minimum absolute atomic E-state index is 0.634. The molecular formula is C13H16N4. The van der Waals surface area contributed by atoms with Crippen LogP contribution in [-0.2, 0) is 0 Å². The highest BCUT2D eigenvalue weighted by Gasteiger charge is 2.09. The maximum absolute atomic E-state index is 5.40. The van der Waals surface area contributed by atoms with Crippen LogP contribution < -0.4 is 11.3 Å². The molecule has 4 heteroatoms. The van der Waals surface area contributed by atoms with Crippen molar-refractivity contribution in [1.29, 1.82) is 0 Å². The predicted molar refractivity (Wildman–Crippen MR) is 69.5 cm³/mol. The number of hydrogen-bond acceptors (Lipinski definition) is 4. The summed E-state index contributed by atoms with van der Waals surface area (Å²) < 4.78 is 0. The molecule has 0 radical (unpaired) electrons. The van der Waals surface area contributed by atoms with Crippen molar-refractivity contribution in [1.82, 2.24) is 9.97 Å². The first kappa shape index (κ1) is 11.5. The zero-order valence-corrected chi connectivity index (χ0v) is 10.3. The fourth-order valence-corrected chi connectivity index (χ4v) is 1.92. The van der Waals surface area contributed by atoms with Crippen LogP contribution in [0.3, 0.4) is 0 Å². The highest BCUT2D eigenvalue weighted by Crippen LogP contribution is 2.25. The highest BCUT2D eigenvalue weighted by molar-refractivity contribution is 5.65. The second-order valence-corrected chi connectivity index (χ2v) is 4.13. The van der Waals surface area contributed by atoms with E-state index >= 15 is 0 Å². The number of hydrazine groups is 1. The molecule has 1 heterocycles. The van der Waals surface area contributed by atoms with E-state index in [4.69, 9.17) is 5.84 Å². The van der Waals surface area contributed by atoms with Crippen molar-refractivity contribution >= 4 is 5.82 Å².